The van der Waals surface area contributed by atoms with Gasteiger partial charge in [-0.3, -0.25) is 4.98 Å². The summed E-state index contributed by atoms with van der Waals surface area (Å²) in [5, 5.41) is 10.2. The molecule has 2 nitrogen and oxygen atoms in total. The topological polar surface area (TPSA) is 33.1 Å². The Morgan fingerprint density at radius 3 is 2.54 bits per heavy atom. The van der Waals surface area contributed by atoms with Gasteiger partial charge in [-0.25, -0.2) is 0 Å². The highest BCUT2D eigenvalue weighted by atomic mass is 16.3. The number of hydrogen-bond acceptors (Lipinski definition) is 2. The number of rotatable bonds is 1. The fourth-order valence-corrected chi connectivity index (χ4v) is 2.37. The van der Waals surface area contributed by atoms with Gasteiger partial charge in [0.25, 0.3) is 0 Å². The molecule has 0 amide bonds. The molecule has 2 rings (SSSR count). The van der Waals surface area contributed by atoms with Crippen molar-refractivity contribution in [3.8, 4) is 0 Å². The molecule has 0 spiro atoms. The molecule has 0 saturated heterocycles. The van der Waals surface area contributed by atoms with Crippen molar-refractivity contribution in [1.29, 1.82) is 0 Å². The summed E-state index contributed by atoms with van der Waals surface area (Å²) in [6.45, 7) is 4.36. The van der Waals surface area contributed by atoms with Crippen LogP contribution in [0, 0.1) is 5.41 Å². The van der Waals surface area contributed by atoms with Crippen LogP contribution >= 0.6 is 0 Å². The average molecular weight is 177 g/mol. The van der Waals surface area contributed by atoms with Crippen LogP contribution in [-0.4, -0.2) is 10.1 Å². The SMILES string of the molecule is CC1(C)CC(O)(c2cccnc2)C1. The highest BCUT2D eigenvalue weighted by molar-refractivity contribution is 5.23. The van der Waals surface area contributed by atoms with Crippen molar-refractivity contribution in [3.05, 3.63) is 30.1 Å². The number of aliphatic hydroxyl groups is 1. The molecule has 1 aromatic rings. The smallest absolute Gasteiger partial charge is 0.0921 e. The van der Waals surface area contributed by atoms with E-state index in [-0.39, 0.29) is 5.41 Å². The molecule has 1 heterocycles. The summed E-state index contributed by atoms with van der Waals surface area (Å²) in [5.41, 5.74) is 0.622. The third-order valence-corrected chi connectivity index (χ3v) is 2.74. The second-order valence-electron chi connectivity index (χ2n) is 4.79. The molecular formula is C11H15NO. The van der Waals surface area contributed by atoms with Crippen LogP contribution in [0.1, 0.15) is 32.3 Å². The predicted molar refractivity (Wildman–Crippen MR) is 51.1 cm³/mol. The molecule has 13 heavy (non-hydrogen) atoms. The maximum atomic E-state index is 10.2. The Morgan fingerprint density at radius 2 is 2.08 bits per heavy atom. The number of pyridine rings is 1. The van der Waals surface area contributed by atoms with Crippen molar-refractivity contribution in [1.82, 2.24) is 4.98 Å². The van der Waals surface area contributed by atoms with E-state index in [0.29, 0.717) is 0 Å². The van der Waals surface area contributed by atoms with Gasteiger partial charge in [-0.1, -0.05) is 19.9 Å². The van der Waals surface area contributed by atoms with Gasteiger partial charge in [0.15, 0.2) is 0 Å². The van der Waals surface area contributed by atoms with E-state index in [0.717, 1.165) is 18.4 Å². The van der Waals surface area contributed by atoms with E-state index in [2.05, 4.69) is 18.8 Å². The molecule has 1 fully saturated rings. The predicted octanol–water partition coefficient (Wildman–Crippen LogP) is 2.09. The van der Waals surface area contributed by atoms with Crippen LogP contribution in [0.5, 0.6) is 0 Å². The molecule has 0 unspecified atom stereocenters. The van der Waals surface area contributed by atoms with Crippen molar-refractivity contribution >= 4 is 0 Å². The number of nitrogens with zero attached hydrogens (tertiary/aromatic N) is 1. The molecule has 1 N–H and O–H groups in total. The van der Waals surface area contributed by atoms with Gasteiger partial charge in [-0.05, 0) is 24.3 Å². The van der Waals surface area contributed by atoms with Crippen molar-refractivity contribution in [3.63, 3.8) is 0 Å². The standard InChI is InChI=1S/C11H15NO/c1-10(2)7-11(13,8-10)9-4-3-5-12-6-9/h3-6,13H,7-8H2,1-2H3. The molecule has 0 radical (unpaired) electrons. The number of hydrogen-bond donors (Lipinski definition) is 1. The monoisotopic (exact) mass is 177 g/mol. The van der Waals surface area contributed by atoms with Crippen LogP contribution in [0.15, 0.2) is 24.5 Å². The van der Waals surface area contributed by atoms with E-state index in [1.165, 1.54) is 0 Å². The van der Waals surface area contributed by atoms with Crippen molar-refractivity contribution < 1.29 is 5.11 Å². The average Bonchev–Trinajstić information content (AvgIpc) is 2.02. The summed E-state index contributed by atoms with van der Waals surface area (Å²) < 4.78 is 0. The van der Waals surface area contributed by atoms with Crippen molar-refractivity contribution in [2.75, 3.05) is 0 Å². The van der Waals surface area contributed by atoms with Crippen LogP contribution in [0.2, 0.25) is 0 Å². The first kappa shape index (κ1) is 8.70. The Morgan fingerprint density at radius 1 is 1.38 bits per heavy atom. The second kappa shape index (κ2) is 2.55. The van der Waals surface area contributed by atoms with Crippen LogP contribution in [-0.2, 0) is 5.60 Å². The van der Waals surface area contributed by atoms with E-state index in [9.17, 15) is 5.11 Å². The summed E-state index contributed by atoms with van der Waals surface area (Å²) in [4.78, 5) is 4.02. The Labute approximate surface area is 78.6 Å². The molecule has 0 atom stereocenters. The summed E-state index contributed by atoms with van der Waals surface area (Å²) >= 11 is 0. The minimum atomic E-state index is -0.613. The Balaban J connectivity index is 2.21. The van der Waals surface area contributed by atoms with E-state index in [4.69, 9.17) is 0 Å². The third-order valence-electron chi connectivity index (χ3n) is 2.74. The normalized spacial score (nSPS) is 23.6. The lowest BCUT2D eigenvalue weighted by Crippen LogP contribution is -2.46. The first-order chi connectivity index (χ1) is 6.02. The van der Waals surface area contributed by atoms with Crippen LogP contribution in [0.3, 0.4) is 0 Å². The maximum Gasteiger partial charge on any atom is 0.0921 e. The number of aromatic nitrogens is 1. The van der Waals surface area contributed by atoms with Gasteiger partial charge in [0, 0.05) is 18.0 Å². The molecule has 0 aromatic carbocycles. The molecule has 2 heteroatoms. The lowest BCUT2D eigenvalue weighted by atomic mass is 9.59. The quantitative estimate of drug-likeness (QED) is 0.712. The summed E-state index contributed by atoms with van der Waals surface area (Å²) in [6.07, 6.45) is 5.17. The zero-order chi connectivity index (χ0) is 9.53. The molecule has 1 aliphatic rings. The van der Waals surface area contributed by atoms with Crippen molar-refractivity contribution in [2.45, 2.75) is 32.3 Å². The highest BCUT2D eigenvalue weighted by Crippen LogP contribution is 2.53. The highest BCUT2D eigenvalue weighted by Gasteiger charge is 2.48. The fraction of sp³-hybridized carbons (Fsp3) is 0.545. The van der Waals surface area contributed by atoms with Gasteiger partial charge in [-0.2, -0.15) is 0 Å². The van der Waals surface area contributed by atoms with Crippen LogP contribution < -0.4 is 0 Å². The van der Waals surface area contributed by atoms with Gasteiger partial charge in [0.05, 0.1) is 5.60 Å². The van der Waals surface area contributed by atoms with Gasteiger partial charge in [0.1, 0.15) is 0 Å². The van der Waals surface area contributed by atoms with Crippen LogP contribution in [0.4, 0.5) is 0 Å². The summed E-state index contributed by atoms with van der Waals surface area (Å²) in [5.74, 6) is 0. The largest absolute Gasteiger partial charge is 0.385 e. The lowest BCUT2D eigenvalue weighted by molar-refractivity contribution is -0.119. The van der Waals surface area contributed by atoms with E-state index in [1.807, 2.05) is 12.1 Å². The van der Waals surface area contributed by atoms with Crippen molar-refractivity contribution in [2.24, 2.45) is 5.41 Å². The fourth-order valence-electron chi connectivity index (χ4n) is 2.37. The molecule has 0 aliphatic heterocycles. The Hall–Kier alpha value is -0.890. The molecule has 0 bridgehead atoms. The zero-order valence-electron chi connectivity index (χ0n) is 8.12. The second-order valence-corrected chi connectivity index (χ2v) is 4.79. The summed E-state index contributed by atoms with van der Waals surface area (Å²) in [7, 11) is 0. The minimum absolute atomic E-state index is 0.282. The third kappa shape index (κ3) is 1.46. The Kier molecular flexibility index (Phi) is 1.70. The van der Waals surface area contributed by atoms with E-state index < -0.39 is 5.60 Å². The maximum absolute atomic E-state index is 10.2. The molecule has 1 aliphatic carbocycles. The minimum Gasteiger partial charge on any atom is -0.385 e. The Bertz CT molecular complexity index is 297. The van der Waals surface area contributed by atoms with E-state index >= 15 is 0 Å². The molecule has 1 aromatic heterocycles. The first-order valence-electron chi connectivity index (χ1n) is 4.65. The summed E-state index contributed by atoms with van der Waals surface area (Å²) in [6, 6.07) is 3.82. The van der Waals surface area contributed by atoms with Gasteiger partial charge >= 0.3 is 0 Å². The van der Waals surface area contributed by atoms with E-state index in [1.54, 1.807) is 12.4 Å². The van der Waals surface area contributed by atoms with Gasteiger partial charge in [0.2, 0.25) is 0 Å². The first-order valence-corrected chi connectivity index (χ1v) is 4.65. The molecule has 70 valence electrons. The molecular weight excluding hydrogens is 162 g/mol. The lowest BCUT2D eigenvalue weighted by Gasteiger charge is -2.49. The molecule has 1 saturated carbocycles. The zero-order valence-corrected chi connectivity index (χ0v) is 8.12. The van der Waals surface area contributed by atoms with Gasteiger partial charge < -0.3 is 5.11 Å². The van der Waals surface area contributed by atoms with Crippen LogP contribution in [0.25, 0.3) is 0 Å². The van der Waals surface area contributed by atoms with Gasteiger partial charge in [-0.15, -0.1) is 0 Å².